The van der Waals surface area contributed by atoms with E-state index in [0.29, 0.717) is 19.3 Å². The molecule has 0 heterocycles. The van der Waals surface area contributed by atoms with Gasteiger partial charge in [0.05, 0.1) is 14.6 Å². The van der Waals surface area contributed by atoms with Gasteiger partial charge in [0.1, 0.15) is 18.3 Å². The molecular weight excluding hydrogens is 562 g/mol. The summed E-state index contributed by atoms with van der Waals surface area (Å²) in [7, 11) is -4.27. The largest absolute Gasteiger partial charge is 0.476 e. The quantitative estimate of drug-likeness (QED) is 0.138. The number of alkyl halides is 3. The van der Waals surface area contributed by atoms with Crippen LogP contribution in [0.4, 0.5) is 0 Å². The van der Waals surface area contributed by atoms with Crippen molar-refractivity contribution in [1.82, 2.24) is 0 Å². The third-order valence-corrected chi connectivity index (χ3v) is 10.2. The van der Waals surface area contributed by atoms with E-state index in [0.717, 1.165) is 38.5 Å². The van der Waals surface area contributed by atoms with Gasteiger partial charge in [-0.1, -0.05) is 132 Å². The van der Waals surface area contributed by atoms with Crippen molar-refractivity contribution in [3.63, 3.8) is 0 Å². The molecule has 6 atom stereocenters. The number of rotatable bonds is 15. The molecule has 3 aliphatic rings. The second-order valence-corrected chi connectivity index (χ2v) is 14.0. The highest BCUT2D eigenvalue weighted by Gasteiger charge is 2.49. The molecule has 0 amide bonds. The van der Waals surface area contributed by atoms with Crippen LogP contribution in [0.15, 0.2) is 72.9 Å². The van der Waals surface area contributed by atoms with Crippen molar-refractivity contribution in [1.29, 1.82) is 0 Å². The second kappa shape index (κ2) is 14.4. The summed E-state index contributed by atoms with van der Waals surface area (Å²) in [6, 6.07) is 0. The smallest absolute Gasteiger partial charge is 0.277 e. The van der Waals surface area contributed by atoms with Gasteiger partial charge in [0.25, 0.3) is 0 Å². The van der Waals surface area contributed by atoms with Gasteiger partial charge in [0.15, 0.2) is 0 Å². The van der Waals surface area contributed by atoms with E-state index in [9.17, 15) is 4.57 Å². The maximum absolute atomic E-state index is 14.7. The lowest BCUT2D eigenvalue weighted by molar-refractivity contribution is 0.0403. The predicted molar refractivity (Wildman–Crippen MR) is 161 cm³/mol. The van der Waals surface area contributed by atoms with Gasteiger partial charge in [-0.15, -0.1) is 34.8 Å². The lowest BCUT2D eigenvalue weighted by Crippen LogP contribution is -2.41. The fourth-order valence-corrected chi connectivity index (χ4v) is 7.70. The summed E-state index contributed by atoms with van der Waals surface area (Å²) >= 11 is 21.2. The van der Waals surface area contributed by atoms with Crippen molar-refractivity contribution in [2.45, 2.75) is 111 Å². The third kappa shape index (κ3) is 8.23. The summed E-state index contributed by atoms with van der Waals surface area (Å²) in [5.74, 6) is 0. The third-order valence-electron chi connectivity index (χ3n) is 7.20. The zero-order valence-electron chi connectivity index (χ0n) is 22.7. The molecule has 3 aliphatic carbocycles. The Morgan fingerprint density at radius 1 is 0.579 bits per heavy atom. The number of phosphoric acid groups is 1. The van der Waals surface area contributed by atoms with Crippen LogP contribution in [0.25, 0.3) is 0 Å². The highest BCUT2D eigenvalue weighted by molar-refractivity contribution is 7.48. The molecule has 38 heavy (non-hydrogen) atoms. The lowest BCUT2D eigenvalue weighted by Gasteiger charge is -2.40. The van der Waals surface area contributed by atoms with Gasteiger partial charge in [-0.3, -0.25) is 13.6 Å². The maximum atomic E-state index is 14.7. The number of halogens is 3. The minimum absolute atomic E-state index is 0.653. The van der Waals surface area contributed by atoms with E-state index in [-0.39, 0.29) is 0 Å². The molecule has 6 unspecified atom stereocenters. The fourth-order valence-electron chi connectivity index (χ4n) is 4.79. The summed E-state index contributed by atoms with van der Waals surface area (Å²) in [6.07, 6.45) is 27.7. The Balaban J connectivity index is 1.94. The lowest BCUT2D eigenvalue weighted by atomic mass is 9.91. The van der Waals surface area contributed by atoms with Crippen LogP contribution in [0.1, 0.15) is 78.6 Å². The van der Waals surface area contributed by atoms with Gasteiger partial charge in [0.2, 0.25) is 0 Å². The summed E-state index contributed by atoms with van der Waals surface area (Å²) in [5, 5.41) is 0. The molecular formula is C30H42Cl3O4P. The Morgan fingerprint density at radius 2 is 0.868 bits per heavy atom. The summed E-state index contributed by atoms with van der Waals surface area (Å²) in [6.45, 7) is 6.32. The Hall–Kier alpha value is -0.580. The Bertz CT molecular complexity index is 882. The van der Waals surface area contributed by atoms with Crippen molar-refractivity contribution in [3.8, 4) is 0 Å². The van der Waals surface area contributed by atoms with Crippen LogP contribution in [0.5, 0.6) is 0 Å². The normalized spacial score (nSPS) is 35.6. The first-order chi connectivity index (χ1) is 18.1. The number of hydrogen-bond donors (Lipinski definition) is 0. The van der Waals surface area contributed by atoms with E-state index < -0.39 is 40.8 Å². The second-order valence-electron chi connectivity index (χ2n) is 10.3. The Kier molecular flexibility index (Phi) is 12.1. The van der Waals surface area contributed by atoms with Crippen LogP contribution in [0.2, 0.25) is 0 Å². The zero-order valence-corrected chi connectivity index (χ0v) is 25.9. The van der Waals surface area contributed by atoms with E-state index in [1.165, 1.54) is 0 Å². The standard InChI is InChI=1S/C30H42Cl3O4P/c1-4-7-19-28(31)22-13-10-16-25(28)35-38(34,36-26-17-11-14-23-29(26,32)20-8-5-2)37-27-18-12-15-24-30(27,33)21-9-6-3/h10-18,22-27H,4-9,19-21H2,1-3H3. The number of allylic oxidation sites excluding steroid dienone is 6. The average Bonchev–Trinajstić information content (AvgIpc) is 2.90. The summed E-state index contributed by atoms with van der Waals surface area (Å²) < 4.78 is 33.6. The first-order valence-electron chi connectivity index (χ1n) is 13.9. The van der Waals surface area contributed by atoms with Crippen LogP contribution < -0.4 is 0 Å². The predicted octanol–water partition coefficient (Wildman–Crippen LogP) is 10.1. The van der Waals surface area contributed by atoms with Crippen LogP contribution >= 0.6 is 42.6 Å². The van der Waals surface area contributed by atoms with Crippen LogP contribution in [0.3, 0.4) is 0 Å². The average molecular weight is 604 g/mol. The van der Waals surface area contributed by atoms with Gasteiger partial charge < -0.3 is 0 Å². The summed E-state index contributed by atoms with van der Waals surface area (Å²) in [4.78, 5) is -2.63. The molecule has 3 rings (SSSR count). The van der Waals surface area contributed by atoms with E-state index >= 15 is 0 Å². The van der Waals surface area contributed by atoms with Crippen LogP contribution in [-0.4, -0.2) is 32.9 Å². The Labute approximate surface area is 244 Å². The monoisotopic (exact) mass is 602 g/mol. The fraction of sp³-hybridized carbons (Fsp3) is 0.600. The molecule has 0 radical (unpaired) electrons. The van der Waals surface area contributed by atoms with Gasteiger partial charge in [-0.25, -0.2) is 4.57 Å². The van der Waals surface area contributed by atoms with Crippen molar-refractivity contribution < 1.29 is 18.1 Å². The van der Waals surface area contributed by atoms with Gasteiger partial charge in [-0.2, -0.15) is 0 Å². The Morgan fingerprint density at radius 3 is 1.13 bits per heavy atom. The van der Waals surface area contributed by atoms with Gasteiger partial charge in [0, 0.05) is 0 Å². The van der Waals surface area contributed by atoms with Crippen LogP contribution in [0, 0.1) is 0 Å². The molecule has 0 N–H and O–H groups in total. The number of hydrogen-bond acceptors (Lipinski definition) is 4. The van der Waals surface area contributed by atoms with Crippen LogP contribution in [-0.2, 0) is 18.1 Å². The first-order valence-corrected chi connectivity index (χ1v) is 16.5. The minimum atomic E-state index is -4.27. The molecule has 0 fully saturated rings. The highest BCUT2D eigenvalue weighted by Crippen LogP contribution is 2.59. The molecule has 8 heteroatoms. The van der Waals surface area contributed by atoms with Gasteiger partial charge >= 0.3 is 7.82 Å². The van der Waals surface area contributed by atoms with Crippen molar-refractivity contribution >= 4 is 42.6 Å². The molecule has 0 bridgehead atoms. The highest BCUT2D eigenvalue weighted by atomic mass is 35.5. The zero-order chi connectivity index (χ0) is 27.7. The van der Waals surface area contributed by atoms with E-state index in [4.69, 9.17) is 48.4 Å². The summed E-state index contributed by atoms with van der Waals surface area (Å²) in [5.41, 5.74) is 0. The van der Waals surface area contributed by atoms with E-state index in [1.807, 2.05) is 72.9 Å². The molecule has 0 aromatic heterocycles. The van der Waals surface area contributed by atoms with Crippen molar-refractivity contribution in [2.75, 3.05) is 0 Å². The topological polar surface area (TPSA) is 44.8 Å². The molecule has 0 spiro atoms. The molecule has 0 aliphatic heterocycles. The van der Waals surface area contributed by atoms with Crippen molar-refractivity contribution in [3.05, 3.63) is 72.9 Å². The van der Waals surface area contributed by atoms with Crippen molar-refractivity contribution in [2.24, 2.45) is 0 Å². The minimum Gasteiger partial charge on any atom is -0.277 e. The molecule has 0 aromatic carbocycles. The molecule has 4 nitrogen and oxygen atoms in total. The molecule has 0 saturated heterocycles. The number of unbranched alkanes of at least 4 members (excludes halogenated alkanes) is 3. The number of phosphoric ester groups is 1. The molecule has 212 valence electrons. The SMILES string of the molecule is CCCCC1(Cl)C=CC=CC1OP(=O)(OC1C=CC=CC1(Cl)CCCC)OC1C=CC=CC1(Cl)CCCC. The molecule has 0 saturated carbocycles. The van der Waals surface area contributed by atoms with E-state index in [1.54, 1.807) is 0 Å². The first kappa shape index (κ1) is 31.9. The maximum Gasteiger partial charge on any atom is 0.476 e. The van der Waals surface area contributed by atoms with Gasteiger partial charge in [-0.05, 0) is 19.3 Å². The van der Waals surface area contributed by atoms with E-state index in [2.05, 4.69) is 20.8 Å². The molecule has 0 aromatic rings.